The van der Waals surface area contributed by atoms with Crippen LogP contribution in [0.4, 0.5) is 11.4 Å². The van der Waals surface area contributed by atoms with Gasteiger partial charge in [0.25, 0.3) is 5.69 Å². The van der Waals surface area contributed by atoms with Crippen LogP contribution in [0.5, 0.6) is 0 Å². The SMILES string of the molecule is CC[C@H](C)NC(=O)[C@H](Cc1ccccc1)N(Cc1ccc(Cl)cc1Cl)C(=O)CN(c1cc([N+](=O)[O-])ccc1C)S(C)(=O)=O. The van der Waals surface area contributed by atoms with Crippen LogP contribution in [0.25, 0.3) is 0 Å². The number of nitrogens with one attached hydrogen (secondary N) is 1. The maximum Gasteiger partial charge on any atom is 0.271 e. The van der Waals surface area contributed by atoms with Crippen LogP contribution in [0.3, 0.4) is 0 Å². The molecule has 230 valence electrons. The third kappa shape index (κ3) is 9.16. The number of sulfonamides is 1. The number of anilines is 1. The molecule has 2 atom stereocenters. The van der Waals surface area contributed by atoms with Crippen LogP contribution in [-0.2, 0) is 32.6 Å². The molecule has 0 bridgehead atoms. The van der Waals surface area contributed by atoms with E-state index < -0.39 is 39.3 Å². The average molecular weight is 650 g/mol. The Balaban J connectivity index is 2.14. The van der Waals surface area contributed by atoms with Gasteiger partial charge in [0.05, 0.1) is 16.9 Å². The van der Waals surface area contributed by atoms with Crippen molar-refractivity contribution in [1.82, 2.24) is 10.2 Å². The van der Waals surface area contributed by atoms with Crippen molar-refractivity contribution >= 4 is 56.4 Å². The summed E-state index contributed by atoms with van der Waals surface area (Å²) in [5.41, 5.74) is 1.33. The number of carbonyl (C=O) groups is 2. The molecule has 0 aliphatic rings. The molecular weight excluding hydrogens is 615 g/mol. The Labute approximate surface area is 261 Å². The Morgan fingerprint density at radius 3 is 2.30 bits per heavy atom. The first-order valence-electron chi connectivity index (χ1n) is 13.5. The summed E-state index contributed by atoms with van der Waals surface area (Å²) < 4.78 is 26.9. The number of aryl methyl sites for hydroxylation is 1. The van der Waals surface area contributed by atoms with Gasteiger partial charge in [-0.1, -0.05) is 72.6 Å². The Kier molecular flexibility index (Phi) is 11.5. The van der Waals surface area contributed by atoms with Gasteiger partial charge in [-0.15, -0.1) is 0 Å². The number of hydrogen-bond acceptors (Lipinski definition) is 6. The van der Waals surface area contributed by atoms with Crippen LogP contribution in [0, 0.1) is 17.0 Å². The molecule has 10 nitrogen and oxygen atoms in total. The minimum atomic E-state index is -4.11. The molecule has 0 aromatic heterocycles. The van der Waals surface area contributed by atoms with E-state index in [1.165, 1.54) is 23.1 Å². The molecule has 0 aliphatic carbocycles. The van der Waals surface area contributed by atoms with Crippen molar-refractivity contribution in [3.63, 3.8) is 0 Å². The van der Waals surface area contributed by atoms with E-state index in [0.29, 0.717) is 22.6 Å². The molecule has 0 saturated heterocycles. The Morgan fingerprint density at radius 2 is 1.72 bits per heavy atom. The van der Waals surface area contributed by atoms with Crippen LogP contribution in [0.1, 0.15) is 37.0 Å². The molecule has 0 unspecified atom stereocenters. The van der Waals surface area contributed by atoms with E-state index in [1.54, 1.807) is 19.1 Å². The summed E-state index contributed by atoms with van der Waals surface area (Å²) in [6.07, 6.45) is 1.69. The van der Waals surface area contributed by atoms with Gasteiger partial charge < -0.3 is 10.2 Å². The molecule has 2 amide bonds. The number of hydrogen-bond donors (Lipinski definition) is 1. The van der Waals surface area contributed by atoms with Gasteiger partial charge >= 0.3 is 0 Å². The molecule has 0 fully saturated rings. The second kappa shape index (κ2) is 14.7. The van der Waals surface area contributed by atoms with Gasteiger partial charge in [-0.3, -0.25) is 24.0 Å². The Hall–Kier alpha value is -3.67. The summed E-state index contributed by atoms with van der Waals surface area (Å²) in [7, 11) is -4.11. The number of nitro benzene ring substituents is 1. The highest BCUT2D eigenvalue weighted by Gasteiger charge is 2.34. The normalized spacial score (nSPS) is 12.7. The molecule has 3 aromatic carbocycles. The van der Waals surface area contributed by atoms with Crippen LogP contribution < -0.4 is 9.62 Å². The van der Waals surface area contributed by atoms with E-state index in [4.69, 9.17) is 23.2 Å². The van der Waals surface area contributed by atoms with Crippen LogP contribution in [0.15, 0.2) is 66.7 Å². The summed E-state index contributed by atoms with van der Waals surface area (Å²) in [5, 5.41) is 15.1. The van der Waals surface area contributed by atoms with E-state index in [1.807, 2.05) is 44.2 Å². The van der Waals surface area contributed by atoms with E-state index in [-0.39, 0.29) is 35.4 Å². The van der Waals surface area contributed by atoms with Gasteiger partial charge in [0.2, 0.25) is 21.8 Å². The smallest absolute Gasteiger partial charge is 0.271 e. The van der Waals surface area contributed by atoms with Gasteiger partial charge in [0.1, 0.15) is 12.6 Å². The number of non-ortho nitro benzene ring substituents is 1. The van der Waals surface area contributed by atoms with Gasteiger partial charge in [-0.25, -0.2) is 8.42 Å². The van der Waals surface area contributed by atoms with Crippen molar-refractivity contribution in [3.05, 3.63) is 104 Å². The maximum atomic E-state index is 14.2. The van der Waals surface area contributed by atoms with Crippen molar-refractivity contribution in [2.75, 3.05) is 17.1 Å². The van der Waals surface area contributed by atoms with E-state index >= 15 is 0 Å². The number of nitrogens with zero attached hydrogens (tertiary/aromatic N) is 3. The molecule has 0 radical (unpaired) electrons. The number of nitro groups is 1. The summed E-state index contributed by atoms with van der Waals surface area (Å²) >= 11 is 12.6. The quantitative estimate of drug-likeness (QED) is 0.192. The second-order valence-electron chi connectivity index (χ2n) is 10.3. The zero-order valence-corrected chi connectivity index (χ0v) is 26.6. The number of benzene rings is 3. The van der Waals surface area contributed by atoms with E-state index in [2.05, 4.69) is 5.32 Å². The monoisotopic (exact) mass is 648 g/mol. The van der Waals surface area contributed by atoms with E-state index in [9.17, 15) is 28.1 Å². The molecule has 3 rings (SSSR count). The van der Waals surface area contributed by atoms with Gasteiger partial charge in [0.15, 0.2) is 0 Å². The van der Waals surface area contributed by atoms with Crippen molar-refractivity contribution < 1.29 is 22.9 Å². The third-order valence-electron chi connectivity index (χ3n) is 6.98. The highest BCUT2D eigenvalue weighted by atomic mass is 35.5. The summed E-state index contributed by atoms with van der Waals surface area (Å²) in [6.45, 7) is 4.50. The second-order valence-corrected chi connectivity index (χ2v) is 13.0. The first kappa shape index (κ1) is 33.8. The van der Waals surface area contributed by atoms with Gasteiger partial charge in [0, 0.05) is 41.2 Å². The van der Waals surface area contributed by atoms with Crippen LogP contribution >= 0.6 is 23.2 Å². The lowest BCUT2D eigenvalue weighted by Crippen LogP contribution is -2.54. The fraction of sp³-hybridized carbons (Fsp3) is 0.333. The minimum absolute atomic E-state index is 0.0156. The van der Waals surface area contributed by atoms with E-state index in [0.717, 1.165) is 22.2 Å². The number of halogens is 2. The molecule has 1 N–H and O–H groups in total. The zero-order chi connectivity index (χ0) is 31.9. The molecule has 43 heavy (non-hydrogen) atoms. The van der Waals surface area contributed by atoms with Crippen molar-refractivity contribution in [1.29, 1.82) is 0 Å². The van der Waals surface area contributed by atoms with Gasteiger partial charge in [-0.05, 0) is 49.1 Å². The number of rotatable bonds is 13. The predicted octanol–water partition coefficient (Wildman–Crippen LogP) is 5.53. The fourth-order valence-electron chi connectivity index (χ4n) is 4.40. The minimum Gasteiger partial charge on any atom is -0.352 e. The lowest BCUT2D eigenvalue weighted by Gasteiger charge is -2.34. The standard InChI is InChI=1S/C30H34Cl2N4O6S/c1-5-21(3)33-30(38)28(15-22-9-7-6-8-10-22)34(18-23-12-13-24(31)16-26(23)32)29(37)19-35(43(4,41)42)27-17-25(36(39)40)14-11-20(27)2/h6-14,16-17,21,28H,5,15,18-19H2,1-4H3,(H,33,38)/t21-,28-/m0/s1. The highest BCUT2D eigenvalue weighted by molar-refractivity contribution is 7.92. The summed E-state index contributed by atoms with van der Waals surface area (Å²) in [4.78, 5) is 40.1. The van der Waals surface area contributed by atoms with Crippen molar-refractivity contribution in [3.8, 4) is 0 Å². The molecule has 3 aromatic rings. The third-order valence-corrected chi connectivity index (χ3v) is 8.69. The lowest BCUT2D eigenvalue weighted by atomic mass is 10.0. The average Bonchev–Trinajstić information content (AvgIpc) is 2.94. The zero-order valence-electron chi connectivity index (χ0n) is 24.3. The van der Waals surface area contributed by atoms with Crippen LogP contribution in [-0.4, -0.2) is 54.9 Å². The van der Waals surface area contributed by atoms with Crippen LogP contribution in [0.2, 0.25) is 10.0 Å². The predicted molar refractivity (Wildman–Crippen MR) is 169 cm³/mol. The Bertz CT molecular complexity index is 1590. The fourth-order valence-corrected chi connectivity index (χ4v) is 5.77. The first-order valence-corrected chi connectivity index (χ1v) is 16.1. The molecule has 13 heteroatoms. The molecule has 0 heterocycles. The Morgan fingerprint density at radius 1 is 1.05 bits per heavy atom. The summed E-state index contributed by atoms with van der Waals surface area (Å²) in [6, 6.07) is 16.4. The molecule has 0 spiro atoms. The maximum absolute atomic E-state index is 14.2. The largest absolute Gasteiger partial charge is 0.352 e. The number of carbonyl (C=O) groups excluding carboxylic acids is 2. The van der Waals surface area contributed by atoms with Gasteiger partial charge in [-0.2, -0.15) is 0 Å². The topological polar surface area (TPSA) is 130 Å². The van der Waals surface area contributed by atoms with Crippen molar-refractivity contribution in [2.24, 2.45) is 0 Å². The molecular formula is C30H34Cl2N4O6S. The lowest BCUT2D eigenvalue weighted by molar-refractivity contribution is -0.384. The molecule has 0 saturated carbocycles. The molecule has 0 aliphatic heterocycles. The number of amides is 2. The summed E-state index contributed by atoms with van der Waals surface area (Å²) in [5.74, 6) is -1.13. The van der Waals surface area contributed by atoms with Crippen molar-refractivity contribution in [2.45, 2.75) is 52.2 Å². The highest BCUT2D eigenvalue weighted by Crippen LogP contribution is 2.29. The first-order chi connectivity index (χ1) is 20.2.